The SMILES string of the molecule is CCC1CC(=O)N(C(NC(=O)N2C=CN=CC2)c2ccccc2)N=C1c1ccc(OC(F)(F)F)c(OC)c1. The van der Waals surface area contributed by atoms with Gasteiger partial charge in [0.2, 0.25) is 5.91 Å². The fraction of sp³-hybridized carbons (Fsp3) is 0.308. The molecule has 0 fully saturated rings. The van der Waals surface area contributed by atoms with Crippen molar-refractivity contribution in [3.63, 3.8) is 0 Å². The number of methoxy groups -OCH3 is 1. The van der Waals surface area contributed by atoms with Crippen LogP contribution < -0.4 is 14.8 Å². The predicted octanol–water partition coefficient (Wildman–Crippen LogP) is 4.82. The molecule has 2 heterocycles. The smallest absolute Gasteiger partial charge is 0.493 e. The molecular weight excluding hydrogens is 503 g/mol. The summed E-state index contributed by atoms with van der Waals surface area (Å²) in [5.41, 5.74) is 1.56. The molecule has 2 aromatic rings. The zero-order valence-electron chi connectivity index (χ0n) is 20.7. The molecule has 4 rings (SSSR count). The fourth-order valence-electron chi connectivity index (χ4n) is 4.17. The second-order valence-electron chi connectivity index (χ2n) is 8.49. The number of urea groups is 1. The monoisotopic (exact) mass is 529 g/mol. The van der Waals surface area contributed by atoms with Crippen LogP contribution in [0.3, 0.4) is 0 Å². The number of nitrogens with one attached hydrogen (secondary N) is 1. The van der Waals surface area contributed by atoms with E-state index in [1.807, 2.05) is 13.0 Å². The molecule has 0 bridgehead atoms. The minimum Gasteiger partial charge on any atom is -0.493 e. The van der Waals surface area contributed by atoms with Crippen molar-refractivity contribution in [3.8, 4) is 11.5 Å². The number of nitrogens with zero attached hydrogens (tertiary/aromatic N) is 4. The zero-order valence-corrected chi connectivity index (χ0v) is 20.7. The van der Waals surface area contributed by atoms with Crippen LogP contribution in [0, 0.1) is 5.92 Å². The van der Waals surface area contributed by atoms with E-state index in [0.29, 0.717) is 23.3 Å². The number of carbonyl (C=O) groups is 2. The molecule has 1 N–H and O–H groups in total. The maximum Gasteiger partial charge on any atom is 0.573 e. The second kappa shape index (κ2) is 11.4. The van der Waals surface area contributed by atoms with Gasteiger partial charge >= 0.3 is 12.4 Å². The van der Waals surface area contributed by atoms with Crippen LogP contribution in [-0.4, -0.2) is 53.8 Å². The van der Waals surface area contributed by atoms with Crippen molar-refractivity contribution < 1.29 is 32.2 Å². The van der Waals surface area contributed by atoms with Crippen LogP contribution in [0.15, 0.2) is 71.0 Å². The Morgan fingerprint density at radius 3 is 2.58 bits per heavy atom. The Kier molecular flexibility index (Phi) is 7.99. The van der Waals surface area contributed by atoms with E-state index < -0.39 is 24.3 Å². The first-order chi connectivity index (χ1) is 18.2. The Morgan fingerprint density at radius 2 is 1.95 bits per heavy atom. The highest BCUT2D eigenvalue weighted by Crippen LogP contribution is 2.35. The van der Waals surface area contributed by atoms with Crippen LogP contribution in [0.1, 0.15) is 37.1 Å². The van der Waals surface area contributed by atoms with Gasteiger partial charge in [-0.05, 0) is 30.2 Å². The lowest BCUT2D eigenvalue weighted by molar-refractivity contribution is -0.275. The molecule has 0 aromatic heterocycles. The number of hydrazone groups is 1. The fourth-order valence-corrected chi connectivity index (χ4v) is 4.17. The number of ether oxygens (including phenoxy) is 2. The molecule has 0 radical (unpaired) electrons. The molecule has 200 valence electrons. The highest BCUT2D eigenvalue weighted by atomic mass is 19.4. The van der Waals surface area contributed by atoms with Gasteiger partial charge in [-0.25, -0.2) is 9.80 Å². The van der Waals surface area contributed by atoms with E-state index in [2.05, 4.69) is 20.1 Å². The summed E-state index contributed by atoms with van der Waals surface area (Å²) in [7, 11) is 1.23. The average Bonchev–Trinajstić information content (AvgIpc) is 2.92. The molecule has 38 heavy (non-hydrogen) atoms. The molecule has 2 aliphatic rings. The van der Waals surface area contributed by atoms with Crippen LogP contribution >= 0.6 is 0 Å². The third-order valence-corrected chi connectivity index (χ3v) is 6.05. The summed E-state index contributed by atoms with van der Waals surface area (Å²) in [6.45, 7) is 2.15. The lowest BCUT2D eigenvalue weighted by atomic mass is 9.89. The van der Waals surface area contributed by atoms with Gasteiger partial charge in [0.15, 0.2) is 17.7 Å². The Balaban J connectivity index is 1.73. The zero-order chi connectivity index (χ0) is 27.3. The number of halogens is 3. The second-order valence-corrected chi connectivity index (χ2v) is 8.49. The van der Waals surface area contributed by atoms with Gasteiger partial charge in [-0.2, -0.15) is 5.10 Å². The molecule has 2 aliphatic heterocycles. The van der Waals surface area contributed by atoms with E-state index in [0.717, 1.165) is 6.07 Å². The first kappa shape index (κ1) is 26.7. The summed E-state index contributed by atoms with van der Waals surface area (Å²) < 4.78 is 47.6. The van der Waals surface area contributed by atoms with Crippen LogP contribution in [0.5, 0.6) is 11.5 Å². The van der Waals surface area contributed by atoms with Gasteiger partial charge in [0, 0.05) is 36.5 Å². The van der Waals surface area contributed by atoms with Gasteiger partial charge in [0.1, 0.15) is 0 Å². The Morgan fingerprint density at radius 1 is 1.18 bits per heavy atom. The van der Waals surface area contributed by atoms with Crippen molar-refractivity contribution in [2.45, 2.75) is 32.3 Å². The van der Waals surface area contributed by atoms with Gasteiger partial charge in [-0.1, -0.05) is 37.3 Å². The molecule has 3 amide bonds. The molecule has 2 aromatic carbocycles. The van der Waals surface area contributed by atoms with Crippen molar-refractivity contribution in [2.75, 3.05) is 13.7 Å². The summed E-state index contributed by atoms with van der Waals surface area (Å²) >= 11 is 0. The number of hydrogen-bond acceptors (Lipinski definition) is 6. The lowest BCUT2D eigenvalue weighted by Crippen LogP contribution is -2.49. The number of amides is 3. The van der Waals surface area contributed by atoms with Crippen LogP contribution in [0.2, 0.25) is 0 Å². The number of carbonyl (C=O) groups excluding carboxylic acids is 2. The summed E-state index contributed by atoms with van der Waals surface area (Å²) in [5, 5.41) is 8.72. The standard InChI is InChI=1S/C26H26F3N5O4/c1-3-17-16-22(35)34(32-23(17)19-9-10-20(21(15-19)37-2)38-26(27,28)29)24(18-7-5-4-6-8-18)31-25(36)33-13-11-30-12-14-33/h4-13,15,17,24H,3,14,16H2,1-2H3,(H,31,36). The number of alkyl halides is 3. The van der Waals surface area contributed by atoms with Crippen LogP contribution in [0.25, 0.3) is 0 Å². The third-order valence-electron chi connectivity index (χ3n) is 6.05. The number of rotatable bonds is 7. The summed E-state index contributed by atoms with van der Waals surface area (Å²) in [6.07, 6.45) is -0.600. The topological polar surface area (TPSA) is 95.8 Å². The van der Waals surface area contributed by atoms with Crippen LogP contribution in [-0.2, 0) is 4.79 Å². The lowest BCUT2D eigenvalue weighted by Gasteiger charge is -2.35. The molecule has 9 nitrogen and oxygen atoms in total. The van der Waals surface area contributed by atoms with E-state index in [1.54, 1.807) is 30.5 Å². The van der Waals surface area contributed by atoms with Crippen molar-refractivity contribution in [2.24, 2.45) is 16.0 Å². The van der Waals surface area contributed by atoms with E-state index in [1.165, 1.54) is 41.6 Å². The van der Waals surface area contributed by atoms with Gasteiger partial charge in [0.05, 0.1) is 19.4 Å². The molecule has 2 atom stereocenters. The normalized spacial score (nSPS) is 18.2. The quantitative estimate of drug-likeness (QED) is 0.556. The van der Waals surface area contributed by atoms with Gasteiger partial charge in [-0.3, -0.25) is 14.7 Å². The molecule has 2 unspecified atom stereocenters. The predicted molar refractivity (Wildman–Crippen MR) is 134 cm³/mol. The summed E-state index contributed by atoms with van der Waals surface area (Å²) in [6, 6.07) is 12.4. The minimum absolute atomic E-state index is 0.0912. The van der Waals surface area contributed by atoms with Gasteiger partial charge in [0.25, 0.3) is 0 Å². The van der Waals surface area contributed by atoms with E-state index in [9.17, 15) is 22.8 Å². The number of hydrogen-bond donors (Lipinski definition) is 1. The third kappa shape index (κ3) is 6.13. The van der Waals surface area contributed by atoms with Crippen molar-refractivity contribution >= 4 is 23.9 Å². The minimum atomic E-state index is -4.89. The van der Waals surface area contributed by atoms with E-state index >= 15 is 0 Å². The molecule has 12 heteroatoms. The highest BCUT2D eigenvalue weighted by Gasteiger charge is 2.36. The highest BCUT2D eigenvalue weighted by molar-refractivity contribution is 6.06. The van der Waals surface area contributed by atoms with Crippen molar-refractivity contribution in [3.05, 3.63) is 72.1 Å². The number of aliphatic imine (C=N–C) groups is 1. The molecule has 0 spiro atoms. The maximum atomic E-state index is 13.3. The van der Waals surface area contributed by atoms with Crippen LogP contribution in [0.4, 0.5) is 18.0 Å². The Labute approximate surface area is 217 Å². The Hall–Kier alpha value is -4.35. The molecule has 0 saturated heterocycles. The first-order valence-electron chi connectivity index (χ1n) is 11.8. The van der Waals surface area contributed by atoms with Gasteiger partial charge in [-0.15, -0.1) is 13.2 Å². The summed E-state index contributed by atoms with van der Waals surface area (Å²) in [5.74, 6) is -1.23. The molecule has 0 aliphatic carbocycles. The average molecular weight is 530 g/mol. The van der Waals surface area contributed by atoms with Gasteiger partial charge < -0.3 is 14.8 Å². The first-order valence-corrected chi connectivity index (χ1v) is 11.8. The summed E-state index contributed by atoms with van der Waals surface area (Å²) in [4.78, 5) is 31.7. The van der Waals surface area contributed by atoms with Crippen molar-refractivity contribution in [1.82, 2.24) is 15.2 Å². The Bertz CT molecular complexity index is 1260. The molecular formula is C26H26F3N5O4. The van der Waals surface area contributed by atoms with E-state index in [4.69, 9.17) is 4.74 Å². The van der Waals surface area contributed by atoms with Crippen molar-refractivity contribution in [1.29, 1.82) is 0 Å². The van der Waals surface area contributed by atoms with E-state index in [-0.39, 0.29) is 30.5 Å². The molecule has 0 saturated carbocycles. The largest absolute Gasteiger partial charge is 0.573 e. The number of benzene rings is 2. The maximum absolute atomic E-state index is 13.3.